The molecule has 0 aliphatic heterocycles. The quantitative estimate of drug-likeness (QED) is 0.340. The number of carbonyl (C=O) groups excluding carboxylic acids is 2. The number of nitro groups is 1. The van der Waals surface area contributed by atoms with E-state index in [2.05, 4.69) is 16.0 Å². The molecule has 0 aromatic heterocycles. The van der Waals surface area contributed by atoms with E-state index in [4.69, 9.17) is 0 Å². The lowest BCUT2D eigenvalue weighted by atomic mass is 10.2. The van der Waals surface area contributed by atoms with Gasteiger partial charge in [-0.05, 0) is 25.3 Å². The molecule has 0 radical (unpaired) electrons. The fraction of sp³-hybridized carbons (Fsp3) is 0.500. The summed E-state index contributed by atoms with van der Waals surface area (Å²) in [5, 5.41) is 19.4. The van der Waals surface area contributed by atoms with Crippen LogP contribution >= 0.6 is 0 Å². The average molecular weight is 334 g/mol. The maximum Gasteiger partial charge on any atom is 0.292 e. The van der Waals surface area contributed by atoms with E-state index >= 15 is 0 Å². The minimum Gasteiger partial charge on any atom is -0.378 e. The number of nitrogens with one attached hydrogen (secondary N) is 3. The predicted molar refractivity (Wildman–Crippen MR) is 89.6 cm³/mol. The van der Waals surface area contributed by atoms with Gasteiger partial charge in [-0.2, -0.15) is 0 Å². The molecule has 8 heteroatoms. The van der Waals surface area contributed by atoms with Crippen LogP contribution in [0.3, 0.4) is 0 Å². The molecule has 24 heavy (non-hydrogen) atoms. The third-order valence-corrected chi connectivity index (χ3v) is 3.69. The number of carbonyl (C=O) groups is 2. The van der Waals surface area contributed by atoms with Crippen molar-refractivity contribution in [2.75, 3.05) is 25.0 Å². The van der Waals surface area contributed by atoms with Crippen molar-refractivity contribution >= 4 is 23.2 Å². The van der Waals surface area contributed by atoms with Gasteiger partial charge >= 0.3 is 0 Å². The summed E-state index contributed by atoms with van der Waals surface area (Å²) in [4.78, 5) is 33.5. The van der Waals surface area contributed by atoms with Crippen LogP contribution in [0.2, 0.25) is 0 Å². The molecular weight excluding hydrogens is 312 g/mol. The summed E-state index contributed by atoms with van der Waals surface area (Å²) in [5.41, 5.74) is 0.440. The third-order valence-electron chi connectivity index (χ3n) is 3.69. The minimum atomic E-state index is -0.448. The maximum atomic E-state index is 11.7. The second kappa shape index (κ2) is 8.85. The van der Waals surface area contributed by atoms with Gasteiger partial charge in [0, 0.05) is 38.0 Å². The zero-order valence-electron chi connectivity index (χ0n) is 13.4. The van der Waals surface area contributed by atoms with Crippen LogP contribution in [0.5, 0.6) is 0 Å². The normalized spacial score (nSPS) is 13.2. The lowest BCUT2D eigenvalue weighted by molar-refractivity contribution is -0.384. The number of benzene rings is 1. The SMILES string of the molecule is O=C(CCCNC(=O)C1CC1)NCCNc1ccccc1[N+](=O)[O-]. The first-order valence-electron chi connectivity index (χ1n) is 8.09. The van der Waals surface area contributed by atoms with Crippen LogP contribution in [0.15, 0.2) is 24.3 Å². The number of hydrogen-bond acceptors (Lipinski definition) is 5. The van der Waals surface area contributed by atoms with Crippen LogP contribution in [0.4, 0.5) is 11.4 Å². The number of nitro benzene ring substituents is 1. The number of hydrogen-bond donors (Lipinski definition) is 3. The van der Waals surface area contributed by atoms with Crippen molar-refractivity contribution in [3.05, 3.63) is 34.4 Å². The van der Waals surface area contributed by atoms with Crippen molar-refractivity contribution in [3.8, 4) is 0 Å². The molecule has 1 aromatic carbocycles. The molecule has 2 amide bonds. The Hall–Kier alpha value is -2.64. The van der Waals surface area contributed by atoms with Crippen LogP contribution < -0.4 is 16.0 Å². The highest BCUT2D eigenvalue weighted by Gasteiger charge is 2.28. The van der Waals surface area contributed by atoms with Gasteiger partial charge in [0.25, 0.3) is 5.69 Å². The van der Waals surface area contributed by atoms with Crippen LogP contribution in [0, 0.1) is 16.0 Å². The van der Waals surface area contributed by atoms with Crippen LogP contribution in [-0.4, -0.2) is 36.4 Å². The summed E-state index contributed by atoms with van der Waals surface area (Å²) in [6, 6.07) is 6.37. The number of amides is 2. The predicted octanol–water partition coefficient (Wildman–Crippen LogP) is 1.43. The maximum absolute atomic E-state index is 11.7. The molecule has 3 N–H and O–H groups in total. The molecule has 0 spiro atoms. The summed E-state index contributed by atoms with van der Waals surface area (Å²) in [5.74, 6) is 0.177. The zero-order chi connectivity index (χ0) is 17.4. The van der Waals surface area contributed by atoms with Gasteiger partial charge in [0.05, 0.1) is 4.92 Å². The van der Waals surface area contributed by atoms with E-state index in [1.54, 1.807) is 18.2 Å². The van der Waals surface area contributed by atoms with E-state index in [-0.39, 0.29) is 23.4 Å². The first-order chi connectivity index (χ1) is 11.6. The summed E-state index contributed by atoms with van der Waals surface area (Å²) < 4.78 is 0. The topological polar surface area (TPSA) is 113 Å². The van der Waals surface area contributed by atoms with Crippen molar-refractivity contribution in [1.82, 2.24) is 10.6 Å². The molecule has 2 rings (SSSR count). The molecule has 1 aliphatic carbocycles. The van der Waals surface area contributed by atoms with Gasteiger partial charge in [-0.15, -0.1) is 0 Å². The highest BCUT2D eigenvalue weighted by atomic mass is 16.6. The van der Waals surface area contributed by atoms with Gasteiger partial charge in [0.15, 0.2) is 0 Å². The summed E-state index contributed by atoms with van der Waals surface area (Å²) >= 11 is 0. The Morgan fingerprint density at radius 3 is 2.58 bits per heavy atom. The molecular formula is C16H22N4O4. The van der Waals surface area contributed by atoms with Crippen molar-refractivity contribution < 1.29 is 14.5 Å². The van der Waals surface area contributed by atoms with E-state index in [0.29, 0.717) is 38.2 Å². The van der Waals surface area contributed by atoms with Crippen molar-refractivity contribution in [2.45, 2.75) is 25.7 Å². The number of nitrogens with zero attached hydrogens (tertiary/aromatic N) is 1. The first-order valence-corrected chi connectivity index (χ1v) is 8.09. The van der Waals surface area contributed by atoms with E-state index in [1.807, 2.05) is 0 Å². The molecule has 1 saturated carbocycles. The van der Waals surface area contributed by atoms with E-state index < -0.39 is 4.92 Å². The van der Waals surface area contributed by atoms with Gasteiger partial charge < -0.3 is 16.0 Å². The monoisotopic (exact) mass is 334 g/mol. The number of anilines is 1. The second-order valence-corrected chi connectivity index (χ2v) is 5.72. The van der Waals surface area contributed by atoms with Crippen LogP contribution in [0.1, 0.15) is 25.7 Å². The molecule has 0 saturated heterocycles. The summed E-state index contributed by atoms with van der Waals surface area (Å²) in [6.45, 7) is 1.28. The van der Waals surface area contributed by atoms with E-state index in [0.717, 1.165) is 12.8 Å². The Bertz CT molecular complexity index is 601. The Balaban J connectivity index is 1.56. The molecule has 130 valence electrons. The highest BCUT2D eigenvalue weighted by Crippen LogP contribution is 2.28. The molecule has 1 fully saturated rings. The van der Waals surface area contributed by atoms with Crippen molar-refractivity contribution in [2.24, 2.45) is 5.92 Å². The van der Waals surface area contributed by atoms with Gasteiger partial charge in [0.1, 0.15) is 5.69 Å². The molecule has 0 heterocycles. The minimum absolute atomic E-state index is 0.00947. The summed E-state index contributed by atoms with van der Waals surface area (Å²) in [7, 11) is 0. The van der Waals surface area contributed by atoms with E-state index in [9.17, 15) is 19.7 Å². The Labute approximate surface area is 140 Å². The molecule has 0 bridgehead atoms. The molecule has 1 aromatic rings. The average Bonchev–Trinajstić information content (AvgIpc) is 3.40. The van der Waals surface area contributed by atoms with Gasteiger partial charge in [0.2, 0.25) is 11.8 Å². The lowest BCUT2D eigenvalue weighted by Crippen LogP contribution is -2.30. The highest BCUT2D eigenvalue weighted by molar-refractivity contribution is 5.81. The molecule has 0 atom stereocenters. The van der Waals surface area contributed by atoms with Crippen LogP contribution in [0.25, 0.3) is 0 Å². The molecule has 1 aliphatic rings. The third kappa shape index (κ3) is 5.86. The number of rotatable bonds is 10. The van der Waals surface area contributed by atoms with E-state index in [1.165, 1.54) is 6.07 Å². The standard InChI is InChI=1S/C16H22N4O4/c21-15(6-3-9-19-16(22)12-7-8-12)18-11-10-17-13-4-1-2-5-14(13)20(23)24/h1-2,4-5,12,17H,3,6-11H2,(H,18,21)(H,19,22). The van der Waals surface area contributed by atoms with Crippen molar-refractivity contribution in [3.63, 3.8) is 0 Å². The Kier molecular flexibility index (Phi) is 6.53. The summed E-state index contributed by atoms with van der Waals surface area (Å²) in [6.07, 6.45) is 2.89. The molecule has 8 nitrogen and oxygen atoms in total. The van der Waals surface area contributed by atoms with Crippen LogP contribution in [-0.2, 0) is 9.59 Å². The fourth-order valence-electron chi connectivity index (χ4n) is 2.22. The zero-order valence-corrected chi connectivity index (χ0v) is 13.4. The lowest BCUT2D eigenvalue weighted by Gasteiger charge is -2.08. The largest absolute Gasteiger partial charge is 0.378 e. The first kappa shape index (κ1) is 17.7. The van der Waals surface area contributed by atoms with Gasteiger partial charge in [-0.3, -0.25) is 19.7 Å². The van der Waals surface area contributed by atoms with Crippen molar-refractivity contribution in [1.29, 1.82) is 0 Å². The van der Waals surface area contributed by atoms with Gasteiger partial charge in [-0.25, -0.2) is 0 Å². The Morgan fingerprint density at radius 2 is 1.88 bits per heavy atom. The second-order valence-electron chi connectivity index (χ2n) is 5.72. The van der Waals surface area contributed by atoms with Gasteiger partial charge in [-0.1, -0.05) is 12.1 Å². The Morgan fingerprint density at radius 1 is 1.12 bits per heavy atom. The fourth-order valence-corrected chi connectivity index (χ4v) is 2.22. The molecule has 0 unspecified atom stereocenters. The number of para-hydroxylation sites is 2. The smallest absolute Gasteiger partial charge is 0.292 e.